The van der Waals surface area contributed by atoms with Crippen LogP contribution in [0, 0.1) is 17.2 Å². The van der Waals surface area contributed by atoms with Gasteiger partial charge in [-0.15, -0.1) is 0 Å². The van der Waals surface area contributed by atoms with Gasteiger partial charge in [0, 0.05) is 25.1 Å². The van der Waals surface area contributed by atoms with Crippen molar-refractivity contribution in [1.29, 1.82) is 5.26 Å². The van der Waals surface area contributed by atoms with Gasteiger partial charge in [-0.2, -0.15) is 5.26 Å². The molecule has 2 heterocycles. The molecule has 0 spiro atoms. The van der Waals surface area contributed by atoms with Crippen molar-refractivity contribution in [1.82, 2.24) is 4.90 Å². The Bertz CT molecular complexity index is 581. The number of hydrogen-bond donors (Lipinski definition) is 0. The van der Waals surface area contributed by atoms with Crippen molar-refractivity contribution in [3.05, 3.63) is 23.8 Å². The van der Waals surface area contributed by atoms with Crippen molar-refractivity contribution in [2.75, 3.05) is 46.6 Å². The molecule has 0 saturated carbocycles. The van der Waals surface area contributed by atoms with Crippen molar-refractivity contribution < 1.29 is 18.9 Å². The zero-order valence-corrected chi connectivity index (χ0v) is 14.1. The average molecular weight is 332 g/mol. The van der Waals surface area contributed by atoms with E-state index >= 15 is 0 Å². The number of nitriles is 1. The predicted octanol–water partition coefficient (Wildman–Crippen LogP) is 2.03. The van der Waals surface area contributed by atoms with Crippen LogP contribution >= 0.6 is 0 Å². The summed E-state index contributed by atoms with van der Waals surface area (Å²) in [5, 5.41) is 8.96. The van der Waals surface area contributed by atoms with E-state index in [1.165, 1.54) is 0 Å². The van der Waals surface area contributed by atoms with Crippen molar-refractivity contribution in [2.24, 2.45) is 5.92 Å². The van der Waals surface area contributed by atoms with E-state index in [2.05, 4.69) is 11.0 Å². The van der Waals surface area contributed by atoms with Crippen LogP contribution in [-0.4, -0.2) is 57.8 Å². The summed E-state index contributed by atoms with van der Waals surface area (Å²) in [7, 11) is 1.59. The second-order valence-corrected chi connectivity index (χ2v) is 6.23. The van der Waals surface area contributed by atoms with Gasteiger partial charge in [0.1, 0.15) is 0 Å². The molecule has 0 radical (unpaired) electrons. The normalized spacial score (nSPS) is 22.2. The molecule has 6 heteroatoms. The van der Waals surface area contributed by atoms with E-state index in [-0.39, 0.29) is 6.29 Å². The van der Waals surface area contributed by atoms with E-state index in [0.717, 1.165) is 32.5 Å². The molecule has 0 amide bonds. The monoisotopic (exact) mass is 332 g/mol. The van der Waals surface area contributed by atoms with Gasteiger partial charge in [-0.1, -0.05) is 0 Å². The second kappa shape index (κ2) is 8.34. The predicted molar refractivity (Wildman–Crippen MR) is 88.1 cm³/mol. The molecule has 24 heavy (non-hydrogen) atoms. The number of hydrogen-bond acceptors (Lipinski definition) is 6. The Morgan fingerprint density at radius 2 is 2.12 bits per heavy atom. The van der Waals surface area contributed by atoms with Crippen LogP contribution in [0.1, 0.15) is 18.4 Å². The summed E-state index contributed by atoms with van der Waals surface area (Å²) in [6, 6.07) is 7.37. The van der Waals surface area contributed by atoms with Crippen LogP contribution in [0.5, 0.6) is 11.5 Å². The van der Waals surface area contributed by atoms with Crippen LogP contribution in [0.3, 0.4) is 0 Å². The standard InChI is InChI=1S/C18H24N2O4/c1-21-17-9-14(10-19)4-5-16(17)24-13-15-3-2-6-20(11-15)12-18-22-7-8-23-18/h4-5,9,15,18H,2-3,6-8,11-13H2,1H3. The zero-order chi connectivity index (χ0) is 16.8. The molecule has 1 aromatic carbocycles. The largest absolute Gasteiger partial charge is 0.493 e. The fourth-order valence-corrected chi connectivity index (χ4v) is 3.24. The number of rotatable bonds is 6. The Kier molecular flexibility index (Phi) is 5.91. The molecule has 1 unspecified atom stereocenters. The lowest BCUT2D eigenvalue weighted by Crippen LogP contribution is -2.42. The molecular formula is C18H24N2O4. The first-order valence-corrected chi connectivity index (χ1v) is 8.45. The van der Waals surface area contributed by atoms with Gasteiger partial charge >= 0.3 is 0 Å². The topological polar surface area (TPSA) is 64.0 Å². The molecule has 2 aliphatic heterocycles. The van der Waals surface area contributed by atoms with Crippen LogP contribution in [-0.2, 0) is 9.47 Å². The Labute approximate surface area is 142 Å². The Hall–Kier alpha value is -1.81. The average Bonchev–Trinajstić information content (AvgIpc) is 3.13. The maximum atomic E-state index is 8.96. The van der Waals surface area contributed by atoms with E-state index in [4.69, 9.17) is 24.2 Å². The number of nitrogens with zero attached hydrogens (tertiary/aromatic N) is 2. The first kappa shape index (κ1) is 17.0. The molecule has 1 aromatic rings. The molecule has 0 bridgehead atoms. The number of likely N-dealkylation sites (tertiary alicyclic amines) is 1. The van der Waals surface area contributed by atoms with Gasteiger partial charge in [0.2, 0.25) is 0 Å². The summed E-state index contributed by atoms with van der Waals surface area (Å²) >= 11 is 0. The van der Waals surface area contributed by atoms with Crippen LogP contribution in [0.4, 0.5) is 0 Å². The zero-order valence-electron chi connectivity index (χ0n) is 14.1. The lowest BCUT2D eigenvalue weighted by atomic mass is 9.99. The number of piperidine rings is 1. The van der Waals surface area contributed by atoms with Gasteiger partial charge in [0.25, 0.3) is 0 Å². The summed E-state index contributed by atoms with van der Waals surface area (Å²) in [5.74, 6) is 1.77. The van der Waals surface area contributed by atoms with Crippen molar-refractivity contribution in [3.63, 3.8) is 0 Å². The molecule has 0 N–H and O–H groups in total. The smallest absolute Gasteiger partial charge is 0.170 e. The number of methoxy groups -OCH3 is 1. The van der Waals surface area contributed by atoms with Crippen LogP contribution in [0.25, 0.3) is 0 Å². The lowest BCUT2D eigenvalue weighted by molar-refractivity contribution is -0.0682. The van der Waals surface area contributed by atoms with Crippen LogP contribution in [0.15, 0.2) is 18.2 Å². The minimum absolute atomic E-state index is 0.0803. The highest BCUT2D eigenvalue weighted by atomic mass is 16.7. The number of ether oxygens (including phenoxy) is 4. The molecule has 2 aliphatic rings. The lowest BCUT2D eigenvalue weighted by Gasteiger charge is -2.33. The molecule has 6 nitrogen and oxygen atoms in total. The second-order valence-electron chi connectivity index (χ2n) is 6.23. The fourth-order valence-electron chi connectivity index (χ4n) is 3.24. The molecule has 0 aromatic heterocycles. The minimum atomic E-state index is -0.0803. The summed E-state index contributed by atoms with van der Waals surface area (Å²) in [6.45, 7) is 4.94. The summed E-state index contributed by atoms with van der Waals surface area (Å²) in [5.41, 5.74) is 0.569. The Morgan fingerprint density at radius 3 is 2.88 bits per heavy atom. The van der Waals surface area contributed by atoms with E-state index in [1.54, 1.807) is 25.3 Å². The molecular weight excluding hydrogens is 308 g/mol. The van der Waals surface area contributed by atoms with Crippen molar-refractivity contribution >= 4 is 0 Å². The summed E-state index contributed by atoms with van der Waals surface area (Å²) in [4.78, 5) is 2.39. The maximum Gasteiger partial charge on any atom is 0.170 e. The highest BCUT2D eigenvalue weighted by Crippen LogP contribution is 2.29. The molecule has 130 valence electrons. The molecule has 2 saturated heterocycles. The first-order valence-electron chi connectivity index (χ1n) is 8.45. The third-order valence-corrected chi connectivity index (χ3v) is 4.47. The van der Waals surface area contributed by atoms with Gasteiger partial charge in [-0.3, -0.25) is 4.90 Å². The van der Waals surface area contributed by atoms with Crippen molar-refractivity contribution in [3.8, 4) is 17.6 Å². The highest BCUT2D eigenvalue weighted by Gasteiger charge is 2.25. The maximum absolute atomic E-state index is 8.96. The molecule has 2 fully saturated rings. The van der Waals surface area contributed by atoms with Crippen molar-refractivity contribution in [2.45, 2.75) is 19.1 Å². The van der Waals surface area contributed by atoms with E-state index in [1.807, 2.05) is 0 Å². The van der Waals surface area contributed by atoms with Gasteiger partial charge in [-0.05, 0) is 31.5 Å². The van der Waals surface area contributed by atoms with Gasteiger partial charge < -0.3 is 18.9 Å². The Balaban J connectivity index is 1.51. The third-order valence-electron chi connectivity index (χ3n) is 4.47. The molecule has 0 aliphatic carbocycles. The fraction of sp³-hybridized carbons (Fsp3) is 0.611. The first-order chi connectivity index (χ1) is 11.8. The molecule has 3 rings (SSSR count). The highest BCUT2D eigenvalue weighted by molar-refractivity contribution is 5.46. The Morgan fingerprint density at radius 1 is 1.29 bits per heavy atom. The number of benzene rings is 1. The van der Waals surface area contributed by atoms with Gasteiger partial charge in [0.15, 0.2) is 17.8 Å². The van der Waals surface area contributed by atoms with Crippen LogP contribution < -0.4 is 9.47 Å². The SMILES string of the molecule is COc1cc(C#N)ccc1OCC1CCCN(CC2OCCO2)C1. The summed E-state index contributed by atoms with van der Waals surface area (Å²) < 4.78 is 22.3. The quantitative estimate of drug-likeness (QED) is 0.794. The van der Waals surface area contributed by atoms with Gasteiger partial charge in [-0.25, -0.2) is 0 Å². The third kappa shape index (κ3) is 4.38. The van der Waals surface area contributed by atoms with Crippen LogP contribution in [0.2, 0.25) is 0 Å². The van der Waals surface area contributed by atoms with E-state index in [0.29, 0.717) is 42.8 Å². The van der Waals surface area contributed by atoms with E-state index in [9.17, 15) is 0 Å². The summed E-state index contributed by atoms with van der Waals surface area (Å²) in [6.07, 6.45) is 2.23. The van der Waals surface area contributed by atoms with E-state index < -0.39 is 0 Å². The molecule has 1 atom stereocenters. The minimum Gasteiger partial charge on any atom is -0.493 e. The van der Waals surface area contributed by atoms with Gasteiger partial charge in [0.05, 0.1) is 38.6 Å².